The van der Waals surface area contributed by atoms with Crippen molar-refractivity contribution in [1.29, 1.82) is 0 Å². The van der Waals surface area contributed by atoms with E-state index in [0.717, 1.165) is 16.4 Å². The Kier molecular flexibility index (Phi) is 6.37. The van der Waals surface area contributed by atoms with Gasteiger partial charge in [-0.15, -0.1) is 0 Å². The van der Waals surface area contributed by atoms with Crippen LogP contribution in [0.2, 0.25) is 0 Å². The van der Waals surface area contributed by atoms with E-state index in [4.69, 9.17) is 4.74 Å². The summed E-state index contributed by atoms with van der Waals surface area (Å²) >= 11 is 0. The van der Waals surface area contributed by atoms with Gasteiger partial charge in [0.25, 0.3) is 0 Å². The molecule has 1 N–H and O–H groups in total. The summed E-state index contributed by atoms with van der Waals surface area (Å²) in [6.07, 6.45) is -3.80. The summed E-state index contributed by atoms with van der Waals surface area (Å²) < 4.78 is 71.1. The minimum absolute atomic E-state index is 0.0183. The molecule has 0 spiro atoms. The number of hydrogen-bond acceptors (Lipinski definition) is 4. The Morgan fingerprint density at radius 3 is 2.53 bits per heavy atom. The third-order valence-corrected chi connectivity index (χ3v) is 6.63. The van der Waals surface area contributed by atoms with Crippen LogP contribution in [-0.4, -0.2) is 37.8 Å². The number of ether oxygens (including phenoxy) is 1. The molecular weight excluding hydrogens is 421 g/mol. The van der Waals surface area contributed by atoms with Crippen molar-refractivity contribution in [2.45, 2.75) is 36.9 Å². The molecule has 0 bridgehead atoms. The number of nitrogens with one attached hydrogen (secondary N) is 1. The van der Waals surface area contributed by atoms with E-state index in [0.29, 0.717) is 18.8 Å². The number of benzene rings is 2. The molecule has 162 valence electrons. The highest BCUT2D eigenvalue weighted by atomic mass is 32.2. The SMILES string of the molecule is CCOc1ccc(S(=O)(=O)N2CCC[C@H]2C(=O)Nc2cccc(C(F)(F)F)c2)cc1. The molecule has 6 nitrogen and oxygen atoms in total. The van der Waals surface area contributed by atoms with Crippen molar-refractivity contribution in [3.63, 3.8) is 0 Å². The topological polar surface area (TPSA) is 75.7 Å². The van der Waals surface area contributed by atoms with Gasteiger partial charge in [0, 0.05) is 12.2 Å². The van der Waals surface area contributed by atoms with Crippen LogP contribution in [0, 0.1) is 0 Å². The third-order valence-electron chi connectivity index (χ3n) is 4.71. The van der Waals surface area contributed by atoms with Crippen molar-refractivity contribution in [2.24, 2.45) is 0 Å². The van der Waals surface area contributed by atoms with Crippen LogP contribution in [0.5, 0.6) is 5.75 Å². The van der Waals surface area contributed by atoms with Gasteiger partial charge in [-0.1, -0.05) is 6.07 Å². The van der Waals surface area contributed by atoms with Gasteiger partial charge in [0.2, 0.25) is 15.9 Å². The minimum atomic E-state index is -4.54. The lowest BCUT2D eigenvalue weighted by Gasteiger charge is -2.23. The maximum atomic E-state index is 13.0. The van der Waals surface area contributed by atoms with Gasteiger partial charge in [0.05, 0.1) is 17.1 Å². The van der Waals surface area contributed by atoms with Crippen LogP contribution in [0.25, 0.3) is 0 Å². The van der Waals surface area contributed by atoms with Crippen molar-refractivity contribution in [3.8, 4) is 5.75 Å². The molecule has 1 atom stereocenters. The lowest BCUT2D eigenvalue weighted by Crippen LogP contribution is -2.43. The van der Waals surface area contributed by atoms with Crippen LogP contribution in [0.1, 0.15) is 25.3 Å². The number of carbonyl (C=O) groups excluding carboxylic acids is 1. The van der Waals surface area contributed by atoms with E-state index in [1.54, 1.807) is 0 Å². The normalized spacial score (nSPS) is 17.7. The fourth-order valence-corrected chi connectivity index (χ4v) is 4.96. The number of carbonyl (C=O) groups is 1. The Morgan fingerprint density at radius 2 is 1.90 bits per heavy atom. The van der Waals surface area contributed by atoms with Crippen LogP contribution in [0.4, 0.5) is 18.9 Å². The lowest BCUT2D eigenvalue weighted by molar-refractivity contribution is -0.137. The molecule has 0 saturated carbocycles. The largest absolute Gasteiger partial charge is 0.494 e. The molecule has 1 fully saturated rings. The van der Waals surface area contributed by atoms with Crippen molar-refractivity contribution in [2.75, 3.05) is 18.5 Å². The average molecular weight is 442 g/mol. The van der Waals surface area contributed by atoms with Crippen molar-refractivity contribution < 1.29 is 31.1 Å². The van der Waals surface area contributed by atoms with E-state index in [9.17, 15) is 26.4 Å². The van der Waals surface area contributed by atoms with Crippen LogP contribution < -0.4 is 10.1 Å². The molecule has 3 rings (SSSR count). The Hall–Kier alpha value is -2.59. The van der Waals surface area contributed by atoms with E-state index in [-0.39, 0.29) is 23.5 Å². The van der Waals surface area contributed by atoms with Gasteiger partial charge in [-0.2, -0.15) is 17.5 Å². The number of alkyl halides is 3. The second kappa shape index (κ2) is 8.65. The maximum absolute atomic E-state index is 13.0. The van der Waals surface area contributed by atoms with Gasteiger partial charge in [-0.25, -0.2) is 8.42 Å². The van der Waals surface area contributed by atoms with E-state index in [1.807, 2.05) is 6.92 Å². The van der Waals surface area contributed by atoms with Crippen LogP contribution in [0.3, 0.4) is 0 Å². The standard InChI is InChI=1S/C20H21F3N2O4S/c1-2-29-16-8-10-17(11-9-16)30(27,28)25-12-4-7-18(25)19(26)24-15-6-3-5-14(13-15)20(21,22)23/h3,5-6,8-11,13,18H,2,4,7,12H2,1H3,(H,24,26)/t18-/m0/s1. The molecule has 1 heterocycles. The second-order valence-electron chi connectivity index (χ2n) is 6.75. The molecule has 1 amide bonds. The van der Waals surface area contributed by atoms with Crippen LogP contribution >= 0.6 is 0 Å². The van der Waals surface area contributed by atoms with E-state index < -0.39 is 33.7 Å². The Morgan fingerprint density at radius 1 is 1.20 bits per heavy atom. The number of amides is 1. The summed E-state index contributed by atoms with van der Waals surface area (Å²) in [5.41, 5.74) is -0.939. The highest BCUT2D eigenvalue weighted by Crippen LogP contribution is 2.32. The fourth-order valence-electron chi connectivity index (χ4n) is 3.30. The quantitative estimate of drug-likeness (QED) is 0.737. The summed E-state index contributed by atoms with van der Waals surface area (Å²) in [7, 11) is -3.95. The zero-order valence-electron chi connectivity index (χ0n) is 16.1. The number of anilines is 1. The van der Waals surface area contributed by atoms with Crippen molar-refractivity contribution in [1.82, 2.24) is 4.31 Å². The third kappa shape index (κ3) is 4.76. The highest BCUT2D eigenvalue weighted by Gasteiger charge is 2.39. The average Bonchev–Trinajstić information content (AvgIpc) is 3.19. The maximum Gasteiger partial charge on any atom is 0.416 e. The van der Waals surface area contributed by atoms with E-state index in [1.165, 1.54) is 36.4 Å². The van der Waals surface area contributed by atoms with Gasteiger partial charge >= 0.3 is 6.18 Å². The summed E-state index contributed by atoms with van der Waals surface area (Å²) in [5, 5.41) is 2.41. The molecule has 2 aromatic rings. The molecule has 30 heavy (non-hydrogen) atoms. The predicted octanol–water partition coefficient (Wildman–Crippen LogP) is 3.90. The molecule has 0 radical (unpaired) electrons. The van der Waals surface area contributed by atoms with Crippen molar-refractivity contribution >= 4 is 21.6 Å². The van der Waals surface area contributed by atoms with Gasteiger partial charge in [-0.3, -0.25) is 4.79 Å². The van der Waals surface area contributed by atoms with Crippen molar-refractivity contribution in [3.05, 3.63) is 54.1 Å². The van der Waals surface area contributed by atoms with Gasteiger partial charge in [0.1, 0.15) is 11.8 Å². The smallest absolute Gasteiger partial charge is 0.416 e. The zero-order chi connectivity index (χ0) is 21.9. The summed E-state index contributed by atoms with van der Waals surface area (Å²) in [6.45, 7) is 2.40. The summed E-state index contributed by atoms with van der Waals surface area (Å²) in [5.74, 6) is -0.141. The van der Waals surface area contributed by atoms with E-state index >= 15 is 0 Å². The number of halogens is 3. The first kappa shape index (κ1) is 22.1. The lowest BCUT2D eigenvalue weighted by atomic mass is 10.1. The molecule has 0 aromatic heterocycles. The number of rotatable bonds is 6. The number of nitrogens with zero attached hydrogens (tertiary/aromatic N) is 1. The molecule has 1 aliphatic rings. The zero-order valence-corrected chi connectivity index (χ0v) is 17.0. The molecule has 0 aliphatic carbocycles. The first-order chi connectivity index (χ1) is 14.1. The van der Waals surface area contributed by atoms with Gasteiger partial charge < -0.3 is 10.1 Å². The summed E-state index contributed by atoms with van der Waals surface area (Å²) in [4.78, 5) is 12.7. The number of sulfonamides is 1. The summed E-state index contributed by atoms with van der Waals surface area (Å²) in [6, 6.07) is 9.09. The number of hydrogen-bond donors (Lipinski definition) is 1. The molecule has 1 aliphatic heterocycles. The molecule has 1 saturated heterocycles. The second-order valence-corrected chi connectivity index (χ2v) is 8.64. The van der Waals surface area contributed by atoms with Crippen LogP contribution in [0.15, 0.2) is 53.4 Å². The predicted molar refractivity (Wildman–Crippen MR) is 105 cm³/mol. The van der Waals surface area contributed by atoms with Gasteiger partial charge in [-0.05, 0) is 62.2 Å². The molecule has 2 aromatic carbocycles. The minimum Gasteiger partial charge on any atom is -0.494 e. The molecular formula is C20H21F3N2O4S. The fraction of sp³-hybridized carbons (Fsp3) is 0.350. The first-order valence-electron chi connectivity index (χ1n) is 9.36. The molecule has 0 unspecified atom stereocenters. The Bertz CT molecular complexity index is 1010. The Labute approximate surface area is 172 Å². The van der Waals surface area contributed by atoms with Crippen LogP contribution in [-0.2, 0) is 21.0 Å². The highest BCUT2D eigenvalue weighted by molar-refractivity contribution is 7.89. The molecule has 10 heteroatoms. The van der Waals surface area contributed by atoms with E-state index in [2.05, 4.69) is 5.32 Å². The first-order valence-corrected chi connectivity index (χ1v) is 10.8. The monoisotopic (exact) mass is 442 g/mol. The Balaban J connectivity index is 1.78. The van der Waals surface area contributed by atoms with Gasteiger partial charge in [0.15, 0.2) is 0 Å².